The van der Waals surface area contributed by atoms with Crippen molar-refractivity contribution in [3.8, 4) is 5.75 Å². The van der Waals surface area contributed by atoms with Crippen LogP contribution in [-0.4, -0.2) is 17.9 Å². The van der Waals surface area contributed by atoms with Crippen molar-refractivity contribution in [3.05, 3.63) is 43.2 Å². The van der Waals surface area contributed by atoms with Crippen LogP contribution >= 0.6 is 43.2 Å². The van der Waals surface area contributed by atoms with Crippen LogP contribution < -0.4 is 4.74 Å². The highest BCUT2D eigenvalue weighted by molar-refractivity contribution is 9.12. The van der Waals surface area contributed by atoms with E-state index in [1.165, 1.54) is 17.5 Å². The number of rotatable bonds is 3. The number of carbonyl (C=O) groups excluding carboxylic acids is 1. The number of ketones is 1. The van der Waals surface area contributed by atoms with Crippen LogP contribution in [0, 0.1) is 0 Å². The largest absolute Gasteiger partial charge is 0.495 e. The van der Waals surface area contributed by atoms with E-state index in [4.69, 9.17) is 4.74 Å². The standard InChI is InChI=1S/C11H7Br2NO2S/c1-16-7-2-6(4-14-5-7)10(15)8-3-9(12)17-11(8)13/h2-5H,1H3. The molecule has 6 heteroatoms. The Morgan fingerprint density at radius 3 is 2.71 bits per heavy atom. The number of hydrogen-bond acceptors (Lipinski definition) is 4. The summed E-state index contributed by atoms with van der Waals surface area (Å²) >= 11 is 8.18. The zero-order chi connectivity index (χ0) is 12.4. The van der Waals surface area contributed by atoms with Crippen molar-refractivity contribution in [3.63, 3.8) is 0 Å². The first-order chi connectivity index (χ1) is 8.11. The molecule has 0 saturated carbocycles. The summed E-state index contributed by atoms with van der Waals surface area (Å²) < 4.78 is 6.75. The fraction of sp³-hybridized carbons (Fsp3) is 0.0909. The minimum absolute atomic E-state index is 0.0785. The molecule has 0 radical (unpaired) electrons. The number of methoxy groups -OCH3 is 1. The second-order valence-corrected chi connectivity index (χ2v) is 6.93. The first-order valence-corrected chi connectivity index (χ1v) is 7.00. The van der Waals surface area contributed by atoms with E-state index < -0.39 is 0 Å². The molecule has 0 spiro atoms. The van der Waals surface area contributed by atoms with Gasteiger partial charge in [-0.2, -0.15) is 0 Å². The molecule has 0 bridgehead atoms. The Labute approximate surface area is 119 Å². The molecule has 0 amide bonds. The van der Waals surface area contributed by atoms with Crippen LogP contribution in [0.2, 0.25) is 0 Å². The molecule has 2 rings (SSSR count). The van der Waals surface area contributed by atoms with Gasteiger partial charge >= 0.3 is 0 Å². The van der Waals surface area contributed by atoms with Gasteiger partial charge in [0, 0.05) is 17.3 Å². The Hall–Kier alpha value is -0.720. The van der Waals surface area contributed by atoms with Gasteiger partial charge in [-0.3, -0.25) is 9.78 Å². The van der Waals surface area contributed by atoms with Crippen LogP contribution in [0.4, 0.5) is 0 Å². The Kier molecular flexibility index (Phi) is 3.96. The van der Waals surface area contributed by atoms with Gasteiger partial charge in [-0.25, -0.2) is 0 Å². The summed E-state index contributed by atoms with van der Waals surface area (Å²) in [5.74, 6) is 0.492. The summed E-state index contributed by atoms with van der Waals surface area (Å²) in [4.78, 5) is 16.2. The highest BCUT2D eigenvalue weighted by Gasteiger charge is 2.16. The van der Waals surface area contributed by atoms with Gasteiger partial charge in [0.2, 0.25) is 0 Å². The normalized spacial score (nSPS) is 10.3. The summed E-state index contributed by atoms with van der Waals surface area (Å²) in [6.45, 7) is 0. The van der Waals surface area contributed by atoms with Crippen LogP contribution in [0.25, 0.3) is 0 Å². The van der Waals surface area contributed by atoms with Crippen LogP contribution in [0.15, 0.2) is 32.1 Å². The van der Waals surface area contributed by atoms with Gasteiger partial charge < -0.3 is 4.74 Å². The van der Waals surface area contributed by atoms with Crippen molar-refractivity contribution < 1.29 is 9.53 Å². The molecule has 0 saturated heterocycles. The SMILES string of the molecule is COc1cncc(C(=O)c2cc(Br)sc2Br)c1. The lowest BCUT2D eigenvalue weighted by atomic mass is 10.1. The topological polar surface area (TPSA) is 39.2 Å². The van der Waals surface area contributed by atoms with Crippen molar-refractivity contribution in [1.82, 2.24) is 4.98 Å². The molecule has 88 valence electrons. The number of hydrogen-bond donors (Lipinski definition) is 0. The highest BCUT2D eigenvalue weighted by atomic mass is 79.9. The van der Waals surface area contributed by atoms with Crippen LogP contribution in [0.1, 0.15) is 15.9 Å². The van der Waals surface area contributed by atoms with E-state index in [-0.39, 0.29) is 5.78 Å². The molecule has 0 N–H and O–H groups in total. The zero-order valence-electron chi connectivity index (χ0n) is 8.74. The third-order valence-corrected chi connectivity index (χ3v) is 4.45. The summed E-state index contributed by atoms with van der Waals surface area (Å²) in [6.07, 6.45) is 3.10. The summed E-state index contributed by atoms with van der Waals surface area (Å²) in [5, 5.41) is 0. The monoisotopic (exact) mass is 375 g/mol. The van der Waals surface area contributed by atoms with E-state index in [2.05, 4.69) is 36.8 Å². The van der Waals surface area contributed by atoms with Crippen molar-refractivity contribution in [2.75, 3.05) is 7.11 Å². The lowest BCUT2D eigenvalue weighted by molar-refractivity contribution is 0.103. The second-order valence-electron chi connectivity index (χ2n) is 3.18. The molecule has 2 aromatic rings. The number of aromatic nitrogens is 1. The van der Waals surface area contributed by atoms with Gasteiger partial charge in [-0.1, -0.05) is 0 Å². The van der Waals surface area contributed by atoms with Gasteiger partial charge in [0.1, 0.15) is 5.75 Å². The smallest absolute Gasteiger partial charge is 0.196 e. The first kappa shape index (κ1) is 12.7. The third-order valence-electron chi connectivity index (χ3n) is 2.11. The molecule has 0 aliphatic rings. The number of thiophene rings is 1. The van der Waals surface area contributed by atoms with Gasteiger partial charge in [0.15, 0.2) is 5.78 Å². The molecule has 17 heavy (non-hydrogen) atoms. The van der Waals surface area contributed by atoms with Crippen LogP contribution in [-0.2, 0) is 0 Å². The van der Waals surface area contributed by atoms with Gasteiger partial charge in [-0.15, -0.1) is 11.3 Å². The third kappa shape index (κ3) is 2.75. The molecule has 2 aromatic heterocycles. The molecule has 0 unspecified atom stereocenters. The first-order valence-electron chi connectivity index (χ1n) is 4.60. The van der Waals surface area contributed by atoms with Crippen molar-refractivity contribution in [2.45, 2.75) is 0 Å². The Bertz CT molecular complexity index is 568. The summed E-state index contributed by atoms with van der Waals surface area (Å²) in [7, 11) is 1.54. The number of carbonyl (C=O) groups is 1. The van der Waals surface area contributed by atoms with Crippen molar-refractivity contribution >= 4 is 49.0 Å². The number of ether oxygens (including phenoxy) is 1. The molecule has 0 fully saturated rings. The zero-order valence-corrected chi connectivity index (χ0v) is 12.7. The van der Waals surface area contributed by atoms with Crippen molar-refractivity contribution in [2.24, 2.45) is 0 Å². The fourth-order valence-electron chi connectivity index (χ4n) is 1.31. The Balaban J connectivity index is 2.40. The maximum Gasteiger partial charge on any atom is 0.196 e. The van der Waals surface area contributed by atoms with Crippen LogP contribution in [0.5, 0.6) is 5.75 Å². The minimum Gasteiger partial charge on any atom is -0.495 e. The van der Waals surface area contributed by atoms with E-state index in [1.807, 2.05) is 0 Å². The Morgan fingerprint density at radius 2 is 2.12 bits per heavy atom. The molecule has 3 nitrogen and oxygen atoms in total. The van der Waals surface area contributed by atoms with E-state index >= 15 is 0 Å². The minimum atomic E-state index is -0.0785. The van der Waals surface area contributed by atoms with E-state index in [0.717, 1.165) is 7.57 Å². The quantitative estimate of drug-likeness (QED) is 0.762. The molecule has 2 heterocycles. The summed E-state index contributed by atoms with van der Waals surface area (Å²) in [5.41, 5.74) is 1.13. The van der Waals surface area contributed by atoms with Crippen molar-refractivity contribution in [1.29, 1.82) is 0 Å². The fourth-order valence-corrected chi connectivity index (χ4v) is 4.10. The van der Waals surface area contributed by atoms with E-state index in [0.29, 0.717) is 16.9 Å². The maximum absolute atomic E-state index is 12.2. The van der Waals surface area contributed by atoms with Gasteiger partial charge in [0.25, 0.3) is 0 Å². The molecular weight excluding hydrogens is 370 g/mol. The molecule has 0 aliphatic heterocycles. The number of pyridine rings is 1. The molecular formula is C11H7Br2NO2S. The van der Waals surface area contributed by atoms with E-state index in [1.54, 1.807) is 25.4 Å². The van der Waals surface area contributed by atoms with Crippen LogP contribution in [0.3, 0.4) is 0 Å². The highest BCUT2D eigenvalue weighted by Crippen LogP contribution is 2.33. The van der Waals surface area contributed by atoms with E-state index in [9.17, 15) is 4.79 Å². The summed E-state index contributed by atoms with van der Waals surface area (Å²) in [6, 6.07) is 3.46. The van der Waals surface area contributed by atoms with Gasteiger partial charge in [-0.05, 0) is 44.0 Å². The average molecular weight is 377 g/mol. The Morgan fingerprint density at radius 1 is 1.35 bits per heavy atom. The predicted octanol–water partition coefficient (Wildman–Crippen LogP) is 3.91. The predicted molar refractivity (Wildman–Crippen MR) is 73.9 cm³/mol. The second kappa shape index (κ2) is 5.29. The molecule has 0 aliphatic carbocycles. The lowest BCUT2D eigenvalue weighted by Crippen LogP contribution is -2.01. The maximum atomic E-state index is 12.2. The lowest BCUT2D eigenvalue weighted by Gasteiger charge is -2.02. The number of nitrogens with zero attached hydrogens (tertiary/aromatic N) is 1. The number of halogens is 2. The molecule has 0 aromatic carbocycles. The molecule has 0 atom stereocenters. The van der Waals surface area contributed by atoms with Gasteiger partial charge in [0.05, 0.1) is 20.9 Å². The average Bonchev–Trinajstić information content (AvgIpc) is 2.67.